The van der Waals surface area contributed by atoms with E-state index in [2.05, 4.69) is 10.1 Å². The Morgan fingerprint density at radius 3 is 2.87 bits per heavy atom. The predicted molar refractivity (Wildman–Crippen MR) is 53.4 cm³/mol. The molecule has 0 aliphatic heterocycles. The summed E-state index contributed by atoms with van der Waals surface area (Å²) in [5.41, 5.74) is 1.29. The molecular formula is C10H9N3O2. The number of carboxylic acid groups (broad SMARTS) is 1. The summed E-state index contributed by atoms with van der Waals surface area (Å²) in [7, 11) is 1.69. The number of hydrogen-bond donors (Lipinski definition) is 1. The van der Waals surface area contributed by atoms with Gasteiger partial charge in [-0.05, 0) is 12.1 Å². The Balaban J connectivity index is 2.62. The van der Waals surface area contributed by atoms with Gasteiger partial charge in [0.1, 0.15) is 11.3 Å². The van der Waals surface area contributed by atoms with E-state index in [1.54, 1.807) is 31.4 Å². The molecule has 5 heteroatoms. The van der Waals surface area contributed by atoms with Crippen molar-refractivity contribution in [2.24, 2.45) is 7.05 Å². The molecule has 0 aliphatic rings. The molecule has 0 aliphatic carbocycles. The van der Waals surface area contributed by atoms with E-state index in [-0.39, 0.29) is 5.56 Å². The maximum absolute atomic E-state index is 10.9. The van der Waals surface area contributed by atoms with Gasteiger partial charge in [0.2, 0.25) is 0 Å². The van der Waals surface area contributed by atoms with E-state index in [9.17, 15) is 4.79 Å². The van der Waals surface area contributed by atoms with Crippen molar-refractivity contribution in [3.05, 3.63) is 36.2 Å². The van der Waals surface area contributed by atoms with E-state index in [0.717, 1.165) is 0 Å². The molecule has 76 valence electrons. The zero-order chi connectivity index (χ0) is 10.8. The van der Waals surface area contributed by atoms with Crippen LogP contribution in [0.2, 0.25) is 0 Å². The SMILES string of the molecule is Cn1ncc(C(=O)O)c1-c1ccccn1. The summed E-state index contributed by atoms with van der Waals surface area (Å²) >= 11 is 0. The zero-order valence-electron chi connectivity index (χ0n) is 8.08. The van der Waals surface area contributed by atoms with Crippen molar-refractivity contribution in [1.29, 1.82) is 0 Å². The van der Waals surface area contributed by atoms with Crippen molar-refractivity contribution < 1.29 is 9.90 Å². The summed E-state index contributed by atoms with van der Waals surface area (Å²) in [4.78, 5) is 15.0. The third kappa shape index (κ3) is 1.59. The molecule has 15 heavy (non-hydrogen) atoms. The highest BCUT2D eigenvalue weighted by molar-refractivity contribution is 5.94. The molecule has 0 spiro atoms. The number of hydrogen-bond acceptors (Lipinski definition) is 3. The number of aromatic carboxylic acids is 1. The fourth-order valence-electron chi connectivity index (χ4n) is 1.40. The number of aromatic nitrogens is 3. The van der Waals surface area contributed by atoms with Gasteiger partial charge in [-0.3, -0.25) is 9.67 Å². The molecule has 0 radical (unpaired) electrons. The first-order valence-corrected chi connectivity index (χ1v) is 4.37. The first-order valence-electron chi connectivity index (χ1n) is 4.37. The van der Waals surface area contributed by atoms with Crippen molar-refractivity contribution in [2.75, 3.05) is 0 Å². The first-order chi connectivity index (χ1) is 7.20. The summed E-state index contributed by atoms with van der Waals surface area (Å²) in [6.45, 7) is 0. The van der Waals surface area contributed by atoms with Gasteiger partial charge in [-0.15, -0.1) is 0 Å². The average Bonchev–Trinajstić information content (AvgIpc) is 2.61. The van der Waals surface area contributed by atoms with Gasteiger partial charge < -0.3 is 5.11 Å². The van der Waals surface area contributed by atoms with Gasteiger partial charge in [0.25, 0.3) is 0 Å². The largest absolute Gasteiger partial charge is 0.478 e. The Bertz CT molecular complexity index is 491. The Kier molecular flexibility index (Phi) is 2.21. The van der Waals surface area contributed by atoms with Crippen LogP contribution < -0.4 is 0 Å². The molecule has 2 rings (SSSR count). The second-order valence-electron chi connectivity index (χ2n) is 3.05. The van der Waals surface area contributed by atoms with Crippen LogP contribution in [0.25, 0.3) is 11.4 Å². The normalized spacial score (nSPS) is 10.2. The molecule has 5 nitrogen and oxygen atoms in total. The molecule has 0 saturated heterocycles. The van der Waals surface area contributed by atoms with Crippen molar-refractivity contribution in [2.45, 2.75) is 0 Å². The monoisotopic (exact) mass is 203 g/mol. The molecular weight excluding hydrogens is 194 g/mol. The molecule has 2 heterocycles. The number of rotatable bonds is 2. The van der Waals surface area contributed by atoms with Crippen LogP contribution in [0.1, 0.15) is 10.4 Å². The predicted octanol–water partition coefficient (Wildman–Crippen LogP) is 1.18. The van der Waals surface area contributed by atoms with Crippen molar-refractivity contribution in [3.8, 4) is 11.4 Å². The van der Waals surface area contributed by atoms with Gasteiger partial charge in [-0.2, -0.15) is 5.10 Å². The topological polar surface area (TPSA) is 68.0 Å². The van der Waals surface area contributed by atoms with Gasteiger partial charge in [0.05, 0.1) is 11.9 Å². The van der Waals surface area contributed by atoms with Gasteiger partial charge in [0.15, 0.2) is 0 Å². The second-order valence-corrected chi connectivity index (χ2v) is 3.05. The fourth-order valence-corrected chi connectivity index (χ4v) is 1.40. The average molecular weight is 203 g/mol. The molecule has 2 aromatic heterocycles. The van der Waals surface area contributed by atoms with Crippen LogP contribution in [0.5, 0.6) is 0 Å². The lowest BCUT2D eigenvalue weighted by Gasteiger charge is -2.01. The van der Waals surface area contributed by atoms with Gasteiger partial charge in [-0.25, -0.2) is 4.79 Å². The van der Waals surface area contributed by atoms with Crippen LogP contribution in [0.3, 0.4) is 0 Å². The minimum Gasteiger partial charge on any atom is -0.478 e. The van der Waals surface area contributed by atoms with Crippen LogP contribution in [-0.4, -0.2) is 25.8 Å². The molecule has 0 aromatic carbocycles. The maximum atomic E-state index is 10.9. The van der Waals surface area contributed by atoms with Crippen LogP contribution in [-0.2, 0) is 7.05 Å². The van der Waals surface area contributed by atoms with Crippen LogP contribution in [0.15, 0.2) is 30.6 Å². The third-order valence-electron chi connectivity index (χ3n) is 2.08. The molecule has 0 atom stereocenters. The van der Waals surface area contributed by atoms with Crippen molar-refractivity contribution >= 4 is 5.97 Å². The number of nitrogens with zero attached hydrogens (tertiary/aromatic N) is 3. The number of carboxylic acids is 1. The van der Waals surface area contributed by atoms with Crippen LogP contribution in [0.4, 0.5) is 0 Å². The van der Waals surface area contributed by atoms with Crippen LogP contribution >= 0.6 is 0 Å². The lowest BCUT2D eigenvalue weighted by Crippen LogP contribution is -2.01. The van der Waals surface area contributed by atoms with Crippen LogP contribution in [0, 0.1) is 0 Å². The lowest BCUT2D eigenvalue weighted by molar-refractivity contribution is 0.0697. The van der Waals surface area contributed by atoms with Crippen molar-refractivity contribution in [1.82, 2.24) is 14.8 Å². The van der Waals surface area contributed by atoms with E-state index < -0.39 is 5.97 Å². The van der Waals surface area contributed by atoms with E-state index in [4.69, 9.17) is 5.11 Å². The minimum atomic E-state index is -0.997. The maximum Gasteiger partial charge on any atom is 0.339 e. The summed E-state index contributed by atoms with van der Waals surface area (Å²) in [6, 6.07) is 5.34. The molecule has 0 unspecified atom stereocenters. The summed E-state index contributed by atoms with van der Waals surface area (Å²) in [6.07, 6.45) is 2.94. The van der Waals surface area contributed by atoms with E-state index in [1.807, 2.05) is 0 Å². The Morgan fingerprint density at radius 1 is 1.47 bits per heavy atom. The third-order valence-corrected chi connectivity index (χ3v) is 2.08. The summed E-state index contributed by atoms with van der Waals surface area (Å²) in [5, 5.41) is 12.9. The molecule has 0 saturated carbocycles. The quantitative estimate of drug-likeness (QED) is 0.795. The molecule has 0 fully saturated rings. The van der Waals surface area contributed by atoms with Gasteiger partial charge >= 0.3 is 5.97 Å². The smallest absolute Gasteiger partial charge is 0.339 e. The van der Waals surface area contributed by atoms with Crippen molar-refractivity contribution in [3.63, 3.8) is 0 Å². The Morgan fingerprint density at radius 2 is 2.27 bits per heavy atom. The number of carbonyl (C=O) groups is 1. The van der Waals surface area contributed by atoms with Gasteiger partial charge in [0, 0.05) is 13.2 Å². The number of pyridine rings is 1. The Labute approximate surface area is 86.0 Å². The number of aryl methyl sites for hydroxylation is 1. The minimum absolute atomic E-state index is 0.163. The summed E-state index contributed by atoms with van der Waals surface area (Å²) in [5.74, 6) is -0.997. The standard InChI is InChI=1S/C10H9N3O2/c1-13-9(7(6-12-13)10(14)15)8-4-2-3-5-11-8/h2-6H,1H3,(H,14,15). The highest BCUT2D eigenvalue weighted by Gasteiger charge is 2.16. The van der Waals surface area contributed by atoms with E-state index in [1.165, 1.54) is 10.9 Å². The highest BCUT2D eigenvalue weighted by Crippen LogP contribution is 2.20. The fraction of sp³-hybridized carbons (Fsp3) is 0.100. The lowest BCUT2D eigenvalue weighted by atomic mass is 10.2. The first kappa shape index (κ1) is 9.39. The zero-order valence-corrected chi connectivity index (χ0v) is 8.08. The van der Waals surface area contributed by atoms with Gasteiger partial charge in [-0.1, -0.05) is 6.07 Å². The van der Waals surface area contributed by atoms with E-state index >= 15 is 0 Å². The Hall–Kier alpha value is -2.17. The summed E-state index contributed by atoms with van der Waals surface area (Å²) < 4.78 is 1.51. The second kappa shape index (κ2) is 3.53. The molecule has 2 aromatic rings. The molecule has 1 N–H and O–H groups in total. The highest BCUT2D eigenvalue weighted by atomic mass is 16.4. The molecule has 0 bridgehead atoms. The molecule has 0 amide bonds. The van der Waals surface area contributed by atoms with E-state index in [0.29, 0.717) is 11.4 Å².